The zero-order chi connectivity index (χ0) is 25.3. The van der Waals surface area contributed by atoms with Crippen LogP contribution in [0.25, 0.3) is 11.1 Å². The number of carbonyl (C=O) groups is 3. The summed E-state index contributed by atoms with van der Waals surface area (Å²) in [5.41, 5.74) is -0.556. The predicted molar refractivity (Wildman–Crippen MR) is 115 cm³/mol. The average Bonchev–Trinajstić information content (AvgIpc) is 2.95. The summed E-state index contributed by atoms with van der Waals surface area (Å²) in [5, 5.41) is 10.3. The summed E-state index contributed by atoms with van der Waals surface area (Å²) in [7, 11) is 1.49. The largest absolute Gasteiger partial charge is 0.491 e. The lowest BCUT2D eigenvalue weighted by Gasteiger charge is -2.26. The van der Waals surface area contributed by atoms with Crippen LogP contribution in [0.2, 0.25) is 0 Å². The molecular weight excluding hydrogens is 455 g/mol. The van der Waals surface area contributed by atoms with Crippen molar-refractivity contribution in [2.24, 2.45) is 0 Å². The van der Waals surface area contributed by atoms with Crippen molar-refractivity contribution < 1.29 is 37.5 Å². The number of amides is 4. The summed E-state index contributed by atoms with van der Waals surface area (Å²) in [6.07, 6.45) is -4.26. The Morgan fingerprint density at radius 1 is 1.06 bits per heavy atom. The van der Waals surface area contributed by atoms with Gasteiger partial charge in [0, 0.05) is 7.05 Å². The van der Waals surface area contributed by atoms with Gasteiger partial charge in [-0.2, -0.15) is 13.2 Å². The summed E-state index contributed by atoms with van der Waals surface area (Å²) in [6.45, 7) is 2.68. The third kappa shape index (κ3) is 4.98. The van der Waals surface area contributed by atoms with Gasteiger partial charge in [0.15, 0.2) is 0 Å². The molecule has 0 unspecified atom stereocenters. The van der Waals surface area contributed by atoms with Crippen LogP contribution in [0.1, 0.15) is 19.4 Å². The van der Waals surface area contributed by atoms with E-state index in [1.807, 2.05) is 0 Å². The number of hydroxylamine groups is 2. The number of benzene rings is 2. The molecule has 0 radical (unpaired) electrons. The normalized spacial score (nSPS) is 16.6. The maximum atomic E-state index is 12.7. The molecule has 8 nitrogen and oxygen atoms in total. The van der Waals surface area contributed by atoms with Crippen molar-refractivity contribution in [3.8, 4) is 16.9 Å². The van der Waals surface area contributed by atoms with Crippen molar-refractivity contribution in [2.75, 3.05) is 20.2 Å². The molecule has 1 heterocycles. The molecule has 11 heteroatoms. The lowest BCUT2D eigenvalue weighted by atomic mass is 10.0. The first-order chi connectivity index (χ1) is 15.9. The Hall–Kier alpha value is -3.60. The molecule has 1 aliphatic heterocycles. The van der Waals surface area contributed by atoms with Gasteiger partial charge in [-0.05, 0) is 49.2 Å². The minimum absolute atomic E-state index is 0.154. The van der Waals surface area contributed by atoms with Crippen molar-refractivity contribution in [1.82, 2.24) is 14.9 Å². The minimum Gasteiger partial charge on any atom is -0.491 e. The van der Waals surface area contributed by atoms with E-state index in [4.69, 9.17) is 4.74 Å². The maximum absolute atomic E-state index is 12.7. The smallest absolute Gasteiger partial charge is 0.416 e. The molecule has 3 rings (SSSR count). The Morgan fingerprint density at radius 3 is 2.03 bits per heavy atom. The van der Waals surface area contributed by atoms with Crippen LogP contribution in [0, 0.1) is 0 Å². The van der Waals surface area contributed by atoms with E-state index in [1.54, 1.807) is 38.1 Å². The average molecular weight is 479 g/mol. The topological polar surface area (TPSA) is 90.4 Å². The number of alkyl halides is 3. The van der Waals surface area contributed by atoms with Crippen molar-refractivity contribution in [3.63, 3.8) is 0 Å². The second-order valence-electron chi connectivity index (χ2n) is 8.37. The number of nitrogens with zero attached hydrogens (tertiary/aromatic N) is 3. The van der Waals surface area contributed by atoms with Gasteiger partial charge in [-0.25, -0.2) is 9.86 Å². The Kier molecular flexibility index (Phi) is 6.87. The molecule has 34 heavy (non-hydrogen) atoms. The molecule has 0 saturated carbocycles. The van der Waals surface area contributed by atoms with Gasteiger partial charge in [0.25, 0.3) is 5.91 Å². The number of hydrogen-bond donors (Lipinski definition) is 1. The van der Waals surface area contributed by atoms with Crippen LogP contribution in [-0.4, -0.2) is 70.2 Å². The summed E-state index contributed by atoms with van der Waals surface area (Å²) in [5.74, 6) is -0.110. The zero-order valence-electron chi connectivity index (χ0n) is 18.7. The molecule has 182 valence electrons. The van der Waals surface area contributed by atoms with Crippen LogP contribution in [0.15, 0.2) is 48.5 Å². The molecule has 1 aliphatic rings. The number of urea groups is 1. The monoisotopic (exact) mass is 479 g/mol. The minimum atomic E-state index is -4.41. The van der Waals surface area contributed by atoms with Crippen LogP contribution >= 0.6 is 0 Å². The van der Waals surface area contributed by atoms with Gasteiger partial charge in [-0.15, -0.1) is 0 Å². The van der Waals surface area contributed by atoms with Crippen molar-refractivity contribution in [2.45, 2.75) is 31.6 Å². The fourth-order valence-corrected chi connectivity index (χ4v) is 3.44. The van der Waals surface area contributed by atoms with E-state index in [2.05, 4.69) is 0 Å². The van der Waals surface area contributed by atoms with E-state index in [-0.39, 0.29) is 19.6 Å². The van der Waals surface area contributed by atoms with E-state index in [1.165, 1.54) is 24.1 Å². The fraction of sp³-hybridized carbons (Fsp3) is 0.348. The summed E-state index contributed by atoms with van der Waals surface area (Å²) in [4.78, 5) is 38.4. The summed E-state index contributed by atoms with van der Waals surface area (Å²) in [6, 6.07) is 9.60. The van der Waals surface area contributed by atoms with Gasteiger partial charge in [-0.3, -0.25) is 19.7 Å². The molecule has 1 N–H and O–H groups in total. The molecule has 2 aromatic rings. The molecule has 1 fully saturated rings. The lowest BCUT2D eigenvalue weighted by molar-refractivity contribution is -0.165. The van der Waals surface area contributed by atoms with E-state index < -0.39 is 35.3 Å². The first-order valence-electron chi connectivity index (χ1n) is 10.3. The Bertz CT molecular complexity index is 1060. The molecule has 0 bridgehead atoms. The highest BCUT2D eigenvalue weighted by atomic mass is 19.4. The highest BCUT2D eigenvalue weighted by molar-refractivity contribution is 6.06. The highest BCUT2D eigenvalue weighted by Crippen LogP contribution is 2.31. The van der Waals surface area contributed by atoms with Crippen LogP contribution in [0.4, 0.5) is 18.0 Å². The summed E-state index contributed by atoms with van der Waals surface area (Å²) >= 11 is 0. The first kappa shape index (κ1) is 25.0. The fourth-order valence-electron chi connectivity index (χ4n) is 3.44. The predicted octanol–water partition coefficient (Wildman–Crippen LogP) is 3.64. The van der Waals surface area contributed by atoms with Crippen molar-refractivity contribution in [3.05, 3.63) is 54.1 Å². The molecule has 0 aromatic heterocycles. The molecular formula is C23H24F3N3O5. The maximum Gasteiger partial charge on any atom is 0.416 e. The van der Waals surface area contributed by atoms with Gasteiger partial charge in [-0.1, -0.05) is 24.3 Å². The first-order valence-corrected chi connectivity index (χ1v) is 10.3. The van der Waals surface area contributed by atoms with Gasteiger partial charge in [0.05, 0.1) is 12.1 Å². The third-order valence-corrected chi connectivity index (χ3v) is 5.84. The Labute approximate surface area is 194 Å². The van der Waals surface area contributed by atoms with Crippen molar-refractivity contribution in [1.29, 1.82) is 0 Å². The van der Waals surface area contributed by atoms with Crippen molar-refractivity contribution >= 4 is 18.3 Å². The number of rotatable bonds is 8. The van der Waals surface area contributed by atoms with Gasteiger partial charge in [0.1, 0.15) is 23.9 Å². The Morgan fingerprint density at radius 2 is 1.59 bits per heavy atom. The van der Waals surface area contributed by atoms with Gasteiger partial charge < -0.3 is 9.64 Å². The molecule has 2 aromatic carbocycles. The van der Waals surface area contributed by atoms with E-state index >= 15 is 0 Å². The van der Waals surface area contributed by atoms with Crippen LogP contribution in [0.3, 0.4) is 0 Å². The molecule has 1 saturated heterocycles. The SMILES string of the molecule is CN1C(=O)N(C[C@H](COc2ccc(-c3ccc(C(F)(F)F)cc3)cc2)N(O)C=O)C(=O)C1(C)C. The molecule has 0 spiro atoms. The highest BCUT2D eigenvalue weighted by Gasteiger charge is 2.50. The number of imide groups is 1. The van der Waals surface area contributed by atoms with E-state index in [0.717, 1.165) is 17.0 Å². The Balaban J connectivity index is 1.68. The second-order valence-corrected chi connectivity index (χ2v) is 8.37. The number of hydrogen-bond acceptors (Lipinski definition) is 5. The number of ether oxygens (including phenoxy) is 1. The lowest BCUT2D eigenvalue weighted by Crippen LogP contribution is -2.48. The molecule has 1 atom stereocenters. The standard InChI is InChI=1S/C23H24F3N3O5/c1-22(2)20(31)28(21(32)27(22)3)12-18(29(33)14-30)13-34-19-10-6-16(7-11-19)15-4-8-17(9-5-15)23(24,25)26/h4-11,14,18,33H,12-13H2,1-3H3/t18-/m1/s1. The van der Waals surface area contributed by atoms with Gasteiger partial charge >= 0.3 is 12.2 Å². The quantitative estimate of drug-likeness (QED) is 0.270. The zero-order valence-corrected chi connectivity index (χ0v) is 18.7. The second kappa shape index (κ2) is 9.34. The number of halogens is 3. The third-order valence-electron chi connectivity index (χ3n) is 5.84. The summed E-state index contributed by atoms with van der Waals surface area (Å²) < 4.78 is 43.8. The van der Waals surface area contributed by atoms with Crippen LogP contribution in [-0.2, 0) is 15.8 Å². The molecule has 4 amide bonds. The number of carbonyl (C=O) groups excluding carboxylic acids is 3. The molecule has 0 aliphatic carbocycles. The van der Waals surface area contributed by atoms with Gasteiger partial charge in [0.2, 0.25) is 6.41 Å². The van der Waals surface area contributed by atoms with E-state index in [0.29, 0.717) is 21.9 Å². The van der Waals surface area contributed by atoms with E-state index in [9.17, 15) is 32.8 Å². The van der Waals surface area contributed by atoms with Crippen LogP contribution < -0.4 is 4.74 Å². The number of likely N-dealkylation sites (N-methyl/N-ethyl adjacent to an activating group) is 1. The van der Waals surface area contributed by atoms with Crippen LogP contribution in [0.5, 0.6) is 5.75 Å².